The van der Waals surface area contributed by atoms with Crippen LogP contribution in [-0.2, 0) is 4.79 Å². The van der Waals surface area contributed by atoms with Crippen LogP contribution in [0.5, 0.6) is 0 Å². The molecule has 0 saturated heterocycles. The van der Waals surface area contributed by atoms with Crippen molar-refractivity contribution >= 4 is 11.7 Å². The Morgan fingerprint density at radius 3 is 2.77 bits per heavy atom. The number of carboxylic acids is 1. The Morgan fingerprint density at radius 1 is 1.46 bits per heavy atom. The maximum atomic E-state index is 10.3. The van der Waals surface area contributed by atoms with Crippen LogP contribution in [-0.4, -0.2) is 17.6 Å². The molecule has 2 N–H and O–H groups in total. The zero-order chi connectivity index (χ0) is 9.84. The van der Waals surface area contributed by atoms with Crippen molar-refractivity contribution in [3.63, 3.8) is 0 Å². The Hall–Kier alpha value is -1.51. The second-order valence-corrected chi connectivity index (χ2v) is 3.07. The van der Waals surface area contributed by atoms with Gasteiger partial charge >= 0.3 is 5.97 Å². The van der Waals surface area contributed by atoms with Crippen molar-refractivity contribution in [1.29, 1.82) is 0 Å². The first-order chi connectivity index (χ1) is 6.09. The molecule has 0 aliphatic carbocycles. The maximum Gasteiger partial charge on any atom is 0.322 e. The van der Waals surface area contributed by atoms with E-state index in [4.69, 9.17) is 5.11 Å². The van der Waals surface area contributed by atoms with Crippen molar-refractivity contribution < 1.29 is 9.90 Å². The average Bonchev–Trinajstić information content (AvgIpc) is 2.06. The topological polar surface area (TPSA) is 49.3 Å². The molecule has 1 rings (SSSR count). The van der Waals surface area contributed by atoms with Gasteiger partial charge in [-0.3, -0.25) is 4.79 Å². The number of aryl methyl sites for hydroxylation is 2. The van der Waals surface area contributed by atoms with E-state index in [1.54, 1.807) is 0 Å². The molecule has 0 bridgehead atoms. The number of hydrogen-bond donors (Lipinski definition) is 2. The van der Waals surface area contributed by atoms with Crippen LogP contribution in [0.4, 0.5) is 5.69 Å². The Bertz CT molecular complexity index is 321. The summed E-state index contributed by atoms with van der Waals surface area (Å²) in [6.07, 6.45) is 0. The van der Waals surface area contributed by atoms with Crippen molar-refractivity contribution in [2.24, 2.45) is 0 Å². The van der Waals surface area contributed by atoms with Gasteiger partial charge in [0.2, 0.25) is 0 Å². The minimum atomic E-state index is -0.846. The average molecular weight is 179 g/mol. The Balaban J connectivity index is 2.75. The summed E-state index contributed by atoms with van der Waals surface area (Å²) in [5.41, 5.74) is 3.08. The lowest BCUT2D eigenvalue weighted by atomic mass is 10.1. The molecule has 3 nitrogen and oxygen atoms in total. The van der Waals surface area contributed by atoms with E-state index in [2.05, 4.69) is 5.32 Å². The number of carbonyl (C=O) groups is 1. The predicted molar refractivity (Wildman–Crippen MR) is 52.0 cm³/mol. The van der Waals surface area contributed by atoms with Crippen LogP contribution in [0, 0.1) is 13.8 Å². The zero-order valence-corrected chi connectivity index (χ0v) is 7.79. The molecule has 0 aromatic heterocycles. The van der Waals surface area contributed by atoms with Gasteiger partial charge in [0.15, 0.2) is 0 Å². The van der Waals surface area contributed by atoms with Crippen LogP contribution in [0.1, 0.15) is 11.1 Å². The van der Waals surface area contributed by atoms with E-state index in [0.29, 0.717) is 0 Å². The molecule has 0 aliphatic rings. The molecule has 0 heterocycles. The highest BCUT2D eigenvalue weighted by atomic mass is 16.4. The molecule has 0 spiro atoms. The first-order valence-electron chi connectivity index (χ1n) is 4.12. The molecule has 1 aromatic carbocycles. The molecule has 0 saturated carbocycles. The van der Waals surface area contributed by atoms with Crippen molar-refractivity contribution in [3.05, 3.63) is 29.3 Å². The van der Waals surface area contributed by atoms with Crippen LogP contribution >= 0.6 is 0 Å². The Morgan fingerprint density at radius 2 is 2.15 bits per heavy atom. The van der Waals surface area contributed by atoms with E-state index in [9.17, 15) is 4.79 Å². The van der Waals surface area contributed by atoms with Gasteiger partial charge in [0.05, 0.1) is 0 Å². The molecule has 70 valence electrons. The molecule has 1 aromatic rings. The summed E-state index contributed by atoms with van der Waals surface area (Å²) >= 11 is 0. The minimum absolute atomic E-state index is 0.0374. The van der Waals surface area contributed by atoms with Gasteiger partial charge in [-0.05, 0) is 31.0 Å². The van der Waals surface area contributed by atoms with Crippen LogP contribution in [0.3, 0.4) is 0 Å². The SMILES string of the molecule is Cc1ccc(C)c(NCC(=O)O)c1. The molecule has 13 heavy (non-hydrogen) atoms. The van der Waals surface area contributed by atoms with Crippen molar-refractivity contribution in [3.8, 4) is 0 Å². The van der Waals surface area contributed by atoms with Crippen LogP contribution in [0.2, 0.25) is 0 Å². The van der Waals surface area contributed by atoms with E-state index < -0.39 is 5.97 Å². The van der Waals surface area contributed by atoms with Gasteiger partial charge in [0.25, 0.3) is 0 Å². The van der Waals surface area contributed by atoms with E-state index in [0.717, 1.165) is 16.8 Å². The van der Waals surface area contributed by atoms with Gasteiger partial charge < -0.3 is 10.4 Å². The molecule has 0 radical (unpaired) electrons. The fourth-order valence-corrected chi connectivity index (χ4v) is 1.10. The standard InChI is InChI=1S/C10H13NO2/c1-7-3-4-8(2)9(5-7)11-6-10(12)13/h3-5,11H,6H2,1-2H3,(H,12,13). The molecule has 3 heteroatoms. The summed E-state index contributed by atoms with van der Waals surface area (Å²) in [6, 6.07) is 5.92. The van der Waals surface area contributed by atoms with Gasteiger partial charge in [0.1, 0.15) is 6.54 Å². The van der Waals surface area contributed by atoms with E-state index in [1.165, 1.54) is 0 Å². The highest BCUT2D eigenvalue weighted by molar-refractivity contribution is 5.73. The molecule has 0 amide bonds. The first kappa shape index (κ1) is 9.58. The second-order valence-electron chi connectivity index (χ2n) is 3.07. The Kier molecular flexibility index (Phi) is 2.90. The highest BCUT2D eigenvalue weighted by Gasteiger charge is 2.00. The van der Waals surface area contributed by atoms with Crippen molar-refractivity contribution in [2.75, 3.05) is 11.9 Å². The van der Waals surface area contributed by atoms with Crippen molar-refractivity contribution in [2.45, 2.75) is 13.8 Å². The van der Waals surface area contributed by atoms with Gasteiger partial charge in [-0.2, -0.15) is 0 Å². The Labute approximate surface area is 77.4 Å². The minimum Gasteiger partial charge on any atom is -0.480 e. The number of nitrogens with one attached hydrogen (secondary N) is 1. The van der Waals surface area contributed by atoms with Gasteiger partial charge in [-0.15, -0.1) is 0 Å². The molecule has 0 fully saturated rings. The predicted octanol–water partition coefficient (Wildman–Crippen LogP) is 1.80. The monoisotopic (exact) mass is 179 g/mol. The van der Waals surface area contributed by atoms with E-state index >= 15 is 0 Å². The number of carboxylic acid groups (broad SMARTS) is 1. The molecular weight excluding hydrogens is 166 g/mol. The third-order valence-electron chi connectivity index (χ3n) is 1.82. The summed E-state index contributed by atoms with van der Waals surface area (Å²) in [4.78, 5) is 10.3. The lowest BCUT2D eigenvalue weighted by Crippen LogP contribution is -2.13. The molecule has 0 atom stereocenters. The first-order valence-corrected chi connectivity index (χ1v) is 4.12. The summed E-state index contributed by atoms with van der Waals surface area (Å²) in [7, 11) is 0. The largest absolute Gasteiger partial charge is 0.480 e. The number of rotatable bonds is 3. The fraction of sp³-hybridized carbons (Fsp3) is 0.300. The molecular formula is C10H13NO2. The number of benzene rings is 1. The summed E-state index contributed by atoms with van der Waals surface area (Å²) in [5, 5.41) is 11.3. The van der Waals surface area contributed by atoms with E-state index in [-0.39, 0.29) is 6.54 Å². The summed E-state index contributed by atoms with van der Waals surface area (Å²) in [5.74, 6) is -0.846. The third kappa shape index (κ3) is 2.78. The zero-order valence-electron chi connectivity index (χ0n) is 7.79. The van der Waals surface area contributed by atoms with Crippen molar-refractivity contribution in [1.82, 2.24) is 0 Å². The highest BCUT2D eigenvalue weighted by Crippen LogP contribution is 2.15. The van der Waals surface area contributed by atoms with Crippen LogP contribution < -0.4 is 5.32 Å². The third-order valence-corrected chi connectivity index (χ3v) is 1.82. The van der Waals surface area contributed by atoms with E-state index in [1.807, 2.05) is 32.0 Å². The summed E-state index contributed by atoms with van der Waals surface area (Å²) < 4.78 is 0. The van der Waals surface area contributed by atoms with Crippen LogP contribution in [0.15, 0.2) is 18.2 Å². The molecule has 0 unspecified atom stereocenters. The number of hydrogen-bond acceptors (Lipinski definition) is 2. The van der Waals surface area contributed by atoms with Gasteiger partial charge in [-0.25, -0.2) is 0 Å². The van der Waals surface area contributed by atoms with Gasteiger partial charge in [0, 0.05) is 5.69 Å². The smallest absolute Gasteiger partial charge is 0.322 e. The lowest BCUT2D eigenvalue weighted by Gasteiger charge is -2.07. The van der Waals surface area contributed by atoms with Crippen LogP contribution in [0.25, 0.3) is 0 Å². The normalized spacial score (nSPS) is 9.69. The fourth-order valence-electron chi connectivity index (χ4n) is 1.10. The second kappa shape index (κ2) is 3.94. The number of anilines is 1. The quantitative estimate of drug-likeness (QED) is 0.743. The van der Waals surface area contributed by atoms with Gasteiger partial charge in [-0.1, -0.05) is 12.1 Å². The number of aliphatic carboxylic acids is 1. The lowest BCUT2D eigenvalue weighted by molar-refractivity contribution is -0.134. The maximum absolute atomic E-state index is 10.3. The molecule has 0 aliphatic heterocycles. The summed E-state index contributed by atoms with van der Waals surface area (Å²) in [6.45, 7) is 3.89.